The number of hydrogen-bond donors (Lipinski definition) is 0. The van der Waals surface area contributed by atoms with Crippen LogP contribution < -0.4 is 0 Å². The summed E-state index contributed by atoms with van der Waals surface area (Å²) in [7, 11) is 1.76. The lowest BCUT2D eigenvalue weighted by Gasteiger charge is -2.20. The molecule has 1 aliphatic rings. The van der Waals surface area contributed by atoms with Crippen molar-refractivity contribution in [3.05, 3.63) is 0 Å². The van der Waals surface area contributed by atoms with Crippen LogP contribution >= 0.6 is 0 Å². The van der Waals surface area contributed by atoms with Crippen molar-refractivity contribution < 1.29 is 9.53 Å². The van der Waals surface area contributed by atoms with Gasteiger partial charge in [0, 0.05) is 32.0 Å². The molecule has 94 valence electrons. The van der Waals surface area contributed by atoms with Gasteiger partial charge in [0.1, 0.15) is 5.78 Å². The molecule has 0 bridgehead atoms. The molecule has 3 nitrogen and oxygen atoms in total. The van der Waals surface area contributed by atoms with Gasteiger partial charge in [-0.05, 0) is 18.9 Å². The van der Waals surface area contributed by atoms with Gasteiger partial charge in [-0.1, -0.05) is 20.8 Å². The van der Waals surface area contributed by atoms with Crippen LogP contribution in [-0.2, 0) is 9.53 Å². The van der Waals surface area contributed by atoms with E-state index in [1.165, 1.54) is 6.42 Å². The van der Waals surface area contributed by atoms with Crippen molar-refractivity contribution in [1.29, 1.82) is 0 Å². The van der Waals surface area contributed by atoms with Crippen molar-refractivity contribution in [2.75, 3.05) is 33.4 Å². The molecule has 0 aromatic carbocycles. The van der Waals surface area contributed by atoms with Crippen molar-refractivity contribution in [2.45, 2.75) is 33.6 Å². The largest absolute Gasteiger partial charge is 0.384 e. The molecule has 1 aliphatic heterocycles. The zero-order valence-corrected chi connectivity index (χ0v) is 11.1. The Bertz CT molecular complexity index is 233. The Morgan fingerprint density at radius 1 is 1.44 bits per heavy atom. The Morgan fingerprint density at radius 2 is 2.12 bits per heavy atom. The maximum atomic E-state index is 11.8. The van der Waals surface area contributed by atoms with Gasteiger partial charge in [-0.25, -0.2) is 0 Å². The van der Waals surface area contributed by atoms with E-state index in [1.807, 2.05) is 20.8 Å². The average Bonchev–Trinajstić information content (AvgIpc) is 2.61. The molecule has 3 heteroatoms. The second-order valence-corrected chi connectivity index (χ2v) is 5.83. The molecular formula is C13H25NO2. The van der Waals surface area contributed by atoms with Crippen LogP contribution in [0.4, 0.5) is 0 Å². The highest BCUT2D eigenvalue weighted by Crippen LogP contribution is 2.20. The number of likely N-dealkylation sites (tertiary alicyclic amines) is 1. The zero-order chi connectivity index (χ0) is 12.2. The average molecular weight is 227 g/mol. The van der Waals surface area contributed by atoms with E-state index < -0.39 is 0 Å². The predicted octanol–water partition coefficient (Wildman–Crippen LogP) is 1.96. The Labute approximate surface area is 99.1 Å². The quantitative estimate of drug-likeness (QED) is 0.719. The first-order chi connectivity index (χ1) is 7.43. The van der Waals surface area contributed by atoms with Crippen molar-refractivity contribution >= 4 is 5.78 Å². The van der Waals surface area contributed by atoms with Gasteiger partial charge in [-0.2, -0.15) is 0 Å². The van der Waals surface area contributed by atoms with Crippen molar-refractivity contribution in [3.63, 3.8) is 0 Å². The molecule has 1 saturated heterocycles. The molecule has 0 aromatic rings. The second-order valence-electron chi connectivity index (χ2n) is 5.83. The van der Waals surface area contributed by atoms with Gasteiger partial charge < -0.3 is 9.64 Å². The highest BCUT2D eigenvalue weighted by molar-refractivity contribution is 5.83. The Morgan fingerprint density at radius 3 is 2.69 bits per heavy atom. The Hall–Kier alpha value is -0.410. The summed E-state index contributed by atoms with van der Waals surface area (Å²) in [4.78, 5) is 14.2. The number of rotatable bonds is 5. The third kappa shape index (κ3) is 4.22. The molecule has 0 aromatic heterocycles. The molecule has 0 amide bonds. The molecule has 0 spiro atoms. The smallest absolute Gasteiger partial charge is 0.139 e. The first kappa shape index (κ1) is 13.7. The molecule has 0 N–H and O–H groups in total. The van der Waals surface area contributed by atoms with Gasteiger partial charge in [0.05, 0.1) is 6.61 Å². The molecule has 1 rings (SSSR count). The summed E-state index contributed by atoms with van der Waals surface area (Å²) in [6, 6.07) is 0. The van der Waals surface area contributed by atoms with Gasteiger partial charge in [0.25, 0.3) is 0 Å². The number of methoxy groups -OCH3 is 1. The minimum atomic E-state index is -0.189. The summed E-state index contributed by atoms with van der Waals surface area (Å²) in [5, 5.41) is 0. The molecule has 1 fully saturated rings. The molecule has 0 aliphatic carbocycles. The minimum absolute atomic E-state index is 0.189. The van der Waals surface area contributed by atoms with E-state index in [9.17, 15) is 4.79 Å². The van der Waals surface area contributed by atoms with E-state index >= 15 is 0 Å². The van der Waals surface area contributed by atoms with Gasteiger partial charge in [0.15, 0.2) is 0 Å². The van der Waals surface area contributed by atoms with Crippen LogP contribution in [0.3, 0.4) is 0 Å². The van der Waals surface area contributed by atoms with E-state index in [1.54, 1.807) is 7.11 Å². The van der Waals surface area contributed by atoms with Gasteiger partial charge >= 0.3 is 0 Å². The lowest BCUT2D eigenvalue weighted by atomic mass is 9.89. The van der Waals surface area contributed by atoms with Crippen molar-refractivity contribution in [1.82, 2.24) is 4.90 Å². The molecule has 0 radical (unpaired) electrons. The first-order valence-electron chi connectivity index (χ1n) is 6.18. The number of ether oxygens (including phenoxy) is 1. The third-order valence-corrected chi connectivity index (χ3v) is 3.26. The van der Waals surface area contributed by atoms with E-state index in [2.05, 4.69) is 4.90 Å². The fourth-order valence-corrected chi connectivity index (χ4v) is 2.12. The SMILES string of the molecule is COCC1CCN(CCC(=O)C(C)(C)C)C1. The lowest BCUT2D eigenvalue weighted by Crippen LogP contribution is -2.28. The maximum absolute atomic E-state index is 11.8. The fraction of sp³-hybridized carbons (Fsp3) is 0.923. The summed E-state index contributed by atoms with van der Waals surface area (Å²) in [5.41, 5.74) is -0.189. The molecule has 1 unspecified atom stereocenters. The van der Waals surface area contributed by atoms with Crippen LogP contribution in [-0.4, -0.2) is 44.0 Å². The minimum Gasteiger partial charge on any atom is -0.384 e. The first-order valence-corrected chi connectivity index (χ1v) is 6.18. The summed E-state index contributed by atoms with van der Waals surface area (Å²) in [6.45, 7) is 9.95. The van der Waals surface area contributed by atoms with Crippen molar-refractivity contribution in [3.8, 4) is 0 Å². The number of carbonyl (C=O) groups excluding carboxylic acids is 1. The van der Waals surface area contributed by atoms with E-state index in [0.717, 1.165) is 26.2 Å². The molecule has 16 heavy (non-hydrogen) atoms. The standard InChI is InChI=1S/C13H25NO2/c1-13(2,3)12(15)6-8-14-7-5-11(9-14)10-16-4/h11H,5-10H2,1-4H3. The number of hydrogen-bond acceptors (Lipinski definition) is 3. The summed E-state index contributed by atoms with van der Waals surface area (Å²) in [5.74, 6) is 1.03. The van der Waals surface area contributed by atoms with Gasteiger partial charge in [0.2, 0.25) is 0 Å². The second kappa shape index (κ2) is 5.78. The molecule has 1 heterocycles. The number of Topliss-reactive ketones (excluding diaryl/α,β-unsaturated/α-hetero) is 1. The summed E-state index contributed by atoms with van der Waals surface area (Å²) in [6.07, 6.45) is 1.89. The van der Waals surface area contributed by atoms with Gasteiger partial charge in [-0.3, -0.25) is 4.79 Å². The Balaban J connectivity index is 2.23. The molecule has 0 saturated carbocycles. The topological polar surface area (TPSA) is 29.5 Å². The van der Waals surface area contributed by atoms with Crippen LogP contribution in [0, 0.1) is 11.3 Å². The number of carbonyl (C=O) groups is 1. The maximum Gasteiger partial charge on any atom is 0.139 e. The summed E-state index contributed by atoms with van der Waals surface area (Å²) < 4.78 is 5.16. The third-order valence-electron chi connectivity index (χ3n) is 3.26. The van der Waals surface area contributed by atoms with Crippen LogP contribution in [0.5, 0.6) is 0 Å². The Kier molecular flexibility index (Phi) is 4.93. The van der Waals surface area contributed by atoms with Gasteiger partial charge in [-0.15, -0.1) is 0 Å². The highest BCUT2D eigenvalue weighted by atomic mass is 16.5. The monoisotopic (exact) mass is 227 g/mol. The van der Waals surface area contributed by atoms with Crippen LogP contribution in [0.2, 0.25) is 0 Å². The summed E-state index contributed by atoms with van der Waals surface area (Å²) >= 11 is 0. The number of ketones is 1. The van der Waals surface area contributed by atoms with E-state index in [4.69, 9.17) is 4.74 Å². The molecule has 1 atom stereocenters. The fourth-order valence-electron chi connectivity index (χ4n) is 2.12. The zero-order valence-electron chi connectivity index (χ0n) is 11.1. The van der Waals surface area contributed by atoms with Crippen LogP contribution in [0.1, 0.15) is 33.6 Å². The van der Waals surface area contributed by atoms with Crippen molar-refractivity contribution in [2.24, 2.45) is 11.3 Å². The number of nitrogens with zero attached hydrogens (tertiary/aromatic N) is 1. The normalized spacial score (nSPS) is 22.6. The van der Waals surface area contributed by atoms with Crippen LogP contribution in [0.15, 0.2) is 0 Å². The lowest BCUT2D eigenvalue weighted by molar-refractivity contribution is -0.126. The highest BCUT2D eigenvalue weighted by Gasteiger charge is 2.25. The van der Waals surface area contributed by atoms with E-state index in [-0.39, 0.29) is 5.41 Å². The predicted molar refractivity (Wildman–Crippen MR) is 65.5 cm³/mol. The van der Waals surface area contributed by atoms with Crippen LogP contribution in [0.25, 0.3) is 0 Å². The molecular weight excluding hydrogens is 202 g/mol. The van der Waals surface area contributed by atoms with E-state index in [0.29, 0.717) is 18.1 Å².